The largest absolute Gasteiger partial charge is 0.349 e. The van der Waals surface area contributed by atoms with Crippen LogP contribution >= 0.6 is 11.6 Å². The fourth-order valence-corrected chi connectivity index (χ4v) is 2.92. The Bertz CT molecular complexity index is 971. The molecule has 2 heterocycles. The van der Waals surface area contributed by atoms with Gasteiger partial charge >= 0.3 is 6.03 Å². The van der Waals surface area contributed by atoms with Gasteiger partial charge in [-0.05, 0) is 30.2 Å². The second kappa shape index (κ2) is 8.75. The number of fused-ring (bicyclic) bond motifs is 1. The lowest BCUT2D eigenvalue weighted by Gasteiger charge is -2.21. The fraction of sp³-hybridized carbons (Fsp3) is 0.250. The zero-order valence-corrected chi connectivity index (χ0v) is 16.4. The van der Waals surface area contributed by atoms with Gasteiger partial charge < -0.3 is 20.4 Å². The molecule has 3 N–H and O–H groups in total. The molecule has 3 rings (SSSR count). The summed E-state index contributed by atoms with van der Waals surface area (Å²) < 4.78 is 1.80. The number of para-hydroxylation sites is 1. The van der Waals surface area contributed by atoms with Crippen molar-refractivity contribution in [2.75, 3.05) is 5.32 Å². The third kappa shape index (κ3) is 5.01. The van der Waals surface area contributed by atoms with Gasteiger partial charge in [0.05, 0.1) is 17.3 Å². The van der Waals surface area contributed by atoms with Crippen LogP contribution in [0.5, 0.6) is 0 Å². The van der Waals surface area contributed by atoms with Crippen molar-refractivity contribution in [3.63, 3.8) is 0 Å². The number of imidazole rings is 1. The molecule has 0 saturated carbocycles. The van der Waals surface area contributed by atoms with Gasteiger partial charge in [0.25, 0.3) is 0 Å². The molecule has 28 heavy (non-hydrogen) atoms. The molecular weight excluding hydrogens is 378 g/mol. The standard InChI is InChI=1S/C20H22ClN5O2/c1-13(2)18(25-20(28)24-15-6-4-3-5-7-15)19(27)22-10-16-12-26-11-14(21)8-9-17(26)23-16/h3-9,11-13,18H,10H2,1-2H3,(H,22,27)(H2,24,25,28). The van der Waals surface area contributed by atoms with Crippen LogP contribution < -0.4 is 16.0 Å². The Kier molecular flexibility index (Phi) is 6.16. The first kappa shape index (κ1) is 19.7. The van der Waals surface area contributed by atoms with E-state index in [1.54, 1.807) is 41.1 Å². The van der Waals surface area contributed by atoms with Crippen LogP contribution in [0, 0.1) is 5.92 Å². The Balaban J connectivity index is 1.59. The Morgan fingerprint density at radius 2 is 1.86 bits per heavy atom. The molecule has 1 aromatic carbocycles. The van der Waals surface area contributed by atoms with Gasteiger partial charge in [0.2, 0.25) is 5.91 Å². The van der Waals surface area contributed by atoms with Gasteiger partial charge in [0, 0.05) is 18.1 Å². The highest BCUT2D eigenvalue weighted by atomic mass is 35.5. The quantitative estimate of drug-likeness (QED) is 0.593. The second-order valence-corrected chi connectivity index (χ2v) is 7.19. The maximum absolute atomic E-state index is 12.6. The lowest BCUT2D eigenvalue weighted by molar-refractivity contribution is -0.124. The van der Waals surface area contributed by atoms with Gasteiger partial charge in [-0.15, -0.1) is 0 Å². The van der Waals surface area contributed by atoms with Gasteiger partial charge in [-0.1, -0.05) is 43.6 Å². The number of anilines is 1. The van der Waals surface area contributed by atoms with Crippen LogP contribution in [0.1, 0.15) is 19.5 Å². The summed E-state index contributed by atoms with van der Waals surface area (Å²) in [5.74, 6) is -0.352. The predicted molar refractivity (Wildman–Crippen MR) is 109 cm³/mol. The van der Waals surface area contributed by atoms with Gasteiger partial charge in [-0.25, -0.2) is 9.78 Å². The molecule has 0 aliphatic rings. The van der Waals surface area contributed by atoms with E-state index in [2.05, 4.69) is 20.9 Å². The summed E-state index contributed by atoms with van der Waals surface area (Å²) >= 11 is 5.97. The highest BCUT2D eigenvalue weighted by molar-refractivity contribution is 6.30. The van der Waals surface area contributed by atoms with E-state index in [0.29, 0.717) is 16.4 Å². The van der Waals surface area contributed by atoms with Crippen molar-refractivity contribution in [1.29, 1.82) is 0 Å². The summed E-state index contributed by atoms with van der Waals surface area (Å²) in [7, 11) is 0. The summed E-state index contributed by atoms with van der Waals surface area (Å²) in [5.41, 5.74) is 2.10. The summed E-state index contributed by atoms with van der Waals surface area (Å²) in [5, 5.41) is 8.89. The molecule has 3 amide bonds. The highest BCUT2D eigenvalue weighted by Crippen LogP contribution is 2.12. The molecule has 0 saturated heterocycles. The van der Waals surface area contributed by atoms with Crippen molar-refractivity contribution in [2.45, 2.75) is 26.4 Å². The number of hydrogen-bond donors (Lipinski definition) is 3. The number of nitrogens with one attached hydrogen (secondary N) is 3. The van der Waals surface area contributed by atoms with E-state index in [1.807, 2.05) is 32.0 Å². The summed E-state index contributed by atoms with van der Waals surface area (Å²) in [6, 6.07) is 11.5. The maximum Gasteiger partial charge on any atom is 0.319 e. The normalized spacial score (nSPS) is 12.0. The SMILES string of the molecule is CC(C)C(NC(=O)Nc1ccccc1)C(=O)NCc1cn2cc(Cl)ccc2n1. The Morgan fingerprint density at radius 1 is 1.11 bits per heavy atom. The summed E-state index contributed by atoms with van der Waals surface area (Å²) in [6.07, 6.45) is 3.56. The van der Waals surface area contributed by atoms with Crippen molar-refractivity contribution in [2.24, 2.45) is 5.92 Å². The fourth-order valence-electron chi connectivity index (χ4n) is 2.75. The van der Waals surface area contributed by atoms with Crippen molar-refractivity contribution in [3.05, 3.63) is 65.6 Å². The Hall–Kier alpha value is -3.06. The Morgan fingerprint density at radius 3 is 2.57 bits per heavy atom. The first-order valence-corrected chi connectivity index (χ1v) is 9.33. The van der Waals surface area contributed by atoms with E-state index in [9.17, 15) is 9.59 Å². The van der Waals surface area contributed by atoms with Crippen LogP contribution in [0.4, 0.5) is 10.5 Å². The number of rotatable bonds is 6. The van der Waals surface area contributed by atoms with E-state index in [4.69, 9.17) is 11.6 Å². The van der Waals surface area contributed by atoms with E-state index < -0.39 is 12.1 Å². The van der Waals surface area contributed by atoms with Crippen LogP contribution in [0.15, 0.2) is 54.9 Å². The van der Waals surface area contributed by atoms with Crippen molar-refractivity contribution in [3.8, 4) is 0 Å². The Labute approximate surface area is 168 Å². The molecule has 0 aliphatic carbocycles. The molecule has 1 unspecified atom stereocenters. The smallest absolute Gasteiger partial charge is 0.319 e. The minimum atomic E-state index is -0.671. The second-order valence-electron chi connectivity index (χ2n) is 6.75. The minimum absolute atomic E-state index is 0.0820. The molecule has 1 atom stereocenters. The number of benzene rings is 1. The molecule has 7 nitrogen and oxygen atoms in total. The van der Waals surface area contributed by atoms with Gasteiger partial charge in [-0.2, -0.15) is 0 Å². The number of carbonyl (C=O) groups is 2. The van der Waals surface area contributed by atoms with Crippen molar-refractivity contribution < 1.29 is 9.59 Å². The summed E-state index contributed by atoms with van der Waals surface area (Å²) in [6.45, 7) is 4.00. The summed E-state index contributed by atoms with van der Waals surface area (Å²) in [4.78, 5) is 29.3. The average Bonchev–Trinajstić information content (AvgIpc) is 3.06. The number of aromatic nitrogens is 2. The molecule has 0 spiro atoms. The van der Waals surface area contributed by atoms with Crippen LogP contribution in [0.25, 0.3) is 5.65 Å². The number of hydrogen-bond acceptors (Lipinski definition) is 3. The molecule has 2 aromatic heterocycles. The van der Waals surface area contributed by atoms with Crippen LogP contribution in [0.3, 0.4) is 0 Å². The molecular formula is C20H22ClN5O2. The maximum atomic E-state index is 12.6. The van der Waals surface area contributed by atoms with Crippen molar-refractivity contribution >= 4 is 34.9 Å². The minimum Gasteiger partial charge on any atom is -0.349 e. The van der Waals surface area contributed by atoms with E-state index in [0.717, 1.165) is 5.65 Å². The molecule has 0 bridgehead atoms. The molecule has 3 aromatic rings. The van der Waals surface area contributed by atoms with Crippen LogP contribution in [0.2, 0.25) is 5.02 Å². The third-order valence-corrected chi connectivity index (χ3v) is 4.40. The number of urea groups is 1. The number of carbonyl (C=O) groups excluding carboxylic acids is 2. The predicted octanol–water partition coefficient (Wildman–Crippen LogP) is 3.45. The average molecular weight is 400 g/mol. The monoisotopic (exact) mass is 399 g/mol. The van der Waals surface area contributed by atoms with E-state index in [1.165, 1.54) is 0 Å². The van der Waals surface area contributed by atoms with Gasteiger partial charge in [0.15, 0.2) is 0 Å². The molecule has 8 heteroatoms. The zero-order valence-electron chi connectivity index (χ0n) is 15.6. The lowest BCUT2D eigenvalue weighted by atomic mass is 10.0. The number of halogens is 1. The van der Waals surface area contributed by atoms with Crippen LogP contribution in [-0.2, 0) is 11.3 Å². The molecule has 0 fully saturated rings. The number of pyridine rings is 1. The molecule has 146 valence electrons. The molecule has 0 aliphatic heterocycles. The van der Waals surface area contributed by atoms with Crippen molar-refractivity contribution in [1.82, 2.24) is 20.0 Å². The van der Waals surface area contributed by atoms with Crippen LogP contribution in [-0.4, -0.2) is 27.4 Å². The number of amides is 3. The number of nitrogens with zero attached hydrogens (tertiary/aromatic N) is 2. The highest BCUT2D eigenvalue weighted by Gasteiger charge is 2.24. The first-order valence-electron chi connectivity index (χ1n) is 8.96. The van der Waals surface area contributed by atoms with E-state index in [-0.39, 0.29) is 18.4 Å². The first-order chi connectivity index (χ1) is 13.4. The topological polar surface area (TPSA) is 87.5 Å². The van der Waals surface area contributed by atoms with E-state index >= 15 is 0 Å². The van der Waals surface area contributed by atoms with Gasteiger partial charge in [-0.3, -0.25) is 4.79 Å². The lowest BCUT2D eigenvalue weighted by Crippen LogP contribution is -2.50. The van der Waals surface area contributed by atoms with Gasteiger partial charge in [0.1, 0.15) is 11.7 Å². The third-order valence-electron chi connectivity index (χ3n) is 4.18. The molecule has 0 radical (unpaired) electrons. The zero-order chi connectivity index (χ0) is 20.1.